The fourth-order valence-electron chi connectivity index (χ4n) is 3.79. The molecule has 0 bridgehead atoms. The van der Waals surface area contributed by atoms with E-state index in [1.807, 2.05) is 24.3 Å². The number of thiocarbonyl (C=S) groups is 1. The van der Waals surface area contributed by atoms with E-state index in [4.69, 9.17) is 33.0 Å². The monoisotopic (exact) mass is 435 g/mol. The number of furan rings is 1. The molecule has 7 heteroatoms. The van der Waals surface area contributed by atoms with Crippen LogP contribution in [0.15, 0.2) is 41.0 Å². The van der Waals surface area contributed by atoms with Crippen molar-refractivity contribution in [1.29, 1.82) is 0 Å². The van der Waals surface area contributed by atoms with Gasteiger partial charge in [0.1, 0.15) is 11.5 Å². The maximum atomic E-state index is 6.16. The van der Waals surface area contributed by atoms with Crippen LogP contribution < -0.4 is 10.1 Å². The molecule has 2 aromatic rings. The minimum absolute atomic E-state index is 0.623. The summed E-state index contributed by atoms with van der Waals surface area (Å²) in [6.45, 7) is 7.29. The third-order valence-corrected chi connectivity index (χ3v) is 5.86. The van der Waals surface area contributed by atoms with Crippen LogP contribution in [0.1, 0.15) is 31.9 Å². The lowest BCUT2D eigenvalue weighted by molar-refractivity contribution is 0.177. The Labute approximate surface area is 184 Å². The maximum absolute atomic E-state index is 6.16. The standard InChI is InChI=1S/C22H30ClN3O2S/c1-17-6-3-10-25(15-17)11-5-12-26(16-19-7-4-13-28-19)22(29)24-20-14-18(23)8-9-21(20)27-2/h4,7-9,13-14,17H,3,5-6,10-12,15-16H2,1-2H3,(H,24,29). The van der Waals surface area contributed by atoms with Crippen molar-refractivity contribution >= 4 is 34.6 Å². The Morgan fingerprint density at radius 2 is 2.28 bits per heavy atom. The van der Waals surface area contributed by atoms with Gasteiger partial charge in [-0.25, -0.2) is 0 Å². The largest absolute Gasteiger partial charge is 0.495 e. The number of hydrogen-bond acceptors (Lipinski definition) is 4. The molecule has 1 fully saturated rings. The van der Waals surface area contributed by atoms with Crippen LogP contribution in [0.4, 0.5) is 5.69 Å². The van der Waals surface area contributed by atoms with Crippen LogP contribution in [-0.4, -0.2) is 48.2 Å². The molecule has 1 atom stereocenters. The molecule has 0 spiro atoms. The van der Waals surface area contributed by atoms with Gasteiger partial charge in [0.25, 0.3) is 0 Å². The van der Waals surface area contributed by atoms with Crippen LogP contribution in [0.2, 0.25) is 5.02 Å². The molecule has 1 aliphatic rings. The molecule has 0 aliphatic carbocycles. The molecule has 1 aliphatic heterocycles. The highest BCUT2D eigenvalue weighted by Gasteiger charge is 2.18. The first-order chi connectivity index (χ1) is 14.0. The van der Waals surface area contributed by atoms with Gasteiger partial charge in [0.2, 0.25) is 0 Å². The van der Waals surface area contributed by atoms with Crippen molar-refractivity contribution in [3.8, 4) is 5.75 Å². The number of nitrogens with one attached hydrogen (secondary N) is 1. The zero-order valence-electron chi connectivity index (χ0n) is 17.2. The molecule has 1 saturated heterocycles. The van der Waals surface area contributed by atoms with E-state index in [1.54, 1.807) is 19.4 Å². The summed E-state index contributed by atoms with van der Waals surface area (Å²) in [6, 6.07) is 9.34. The summed E-state index contributed by atoms with van der Waals surface area (Å²) in [4.78, 5) is 4.71. The number of rotatable bonds is 8. The molecule has 2 heterocycles. The van der Waals surface area contributed by atoms with Crippen molar-refractivity contribution in [2.75, 3.05) is 38.6 Å². The first-order valence-electron chi connectivity index (χ1n) is 10.2. The van der Waals surface area contributed by atoms with Crippen molar-refractivity contribution in [3.05, 3.63) is 47.4 Å². The topological polar surface area (TPSA) is 40.9 Å². The number of piperidine rings is 1. The van der Waals surface area contributed by atoms with E-state index in [0.29, 0.717) is 22.4 Å². The lowest BCUT2D eigenvalue weighted by Gasteiger charge is -2.32. The average Bonchev–Trinajstić information content (AvgIpc) is 3.20. The molecule has 0 radical (unpaired) electrons. The quantitative estimate of drug-likeness (QED) is 0.570. The number of likely N-dealkylation sites (tertiary alicyclic amines) is 1. The van der Waals surface area contributed by atoms with Gasteiger partial charge in [-0.1, -0.05) is 18.5 Å². The molecule has 1 aromatic heterocycles. The van der Waals surface area contributed by atoms with Crippen molar-refractivity contribution in [1.82, 2.24) is 9.80 Å². The Morgan fingerprint density at radius 1 is 1.41 bits per heavy atom. The number of anilines is 1. The fourth-order valence-corrected chi connectivity index (χ4v) is 4.23. The van der Waals surface area contributed by atoms with Crippen LogP contribution in [0.3, 0.4) is 0 Å². The predicted molar refractivity (Wildman–Crippen MR) is 123 cm³/mol. The summed E-state index contributed by atoms with van der Waals surface area (Å²) >= 11 is 11.9. The minimum atomic E-state index is 0.623. The Morgan fingerprint density at radius 3 is 3.00 bits per heavy atom. The van der Waals surface area contributed by atoms with E-state index in [-0.39, 0.29) is 0 Å². The summed E-state index contributed by atoms with van der Waals surface area (Å²) < 4.78 is 11.0. The molecule has 3 rings (SSSR count). The first-order valence-corrected chi connectivity index (χ1v) is 11.0. The van der Waals surface area contributed by atoms with Gasteiger partial charge in [-0.05, 0) is 80.8 Å². The number of ether oxygens (including phenoxy) is 1. The second-order valence-electron chi connectivity index (χ2n) is 7.68. The number of hydrogen-bond donors (Lipinski definition) is 1. The Bertz CT molecular complexity index is 784. The zero-order chi connectivity index (χ0) is 20.6. The fraction of sp³-hybridized carbons (Fsp3) is 0.500. The molecule has 0 saturated carbocycles. The molecule has 5 nitrogen and oxygen atoms in total. The van der Waals surface area contributed by atoms with Crippen LogP contribution in [-0.2, 0) is 6.54 Å². The lowest BCUT2D eigenvalue weighted by atomic mass is 10.0. The number of methoxy groups -OCH3 is 1. The van der Waals surface area contributed by atoms with Gasteiger partial charge in [-0.3, -0.25) is 0 Å². The molecule has 1 N–H and O–H groups in total. The normalized spacial score (nSPS) is 17.1. The average molecular weight is 436 g/mol. The van der Waals surface area contributed by atoms with E-state index < -0.39 is 0 Å². The Kier molecular flexibility index (Phi) is 8.21. The smallest absolute Gasteiger partial charge is 0.173 e. The molecular formula is C22H30ClN3O2S. The van der Waals surface area contributed by atoms with Gasteiger partial charge in [0.05, 0.1) is 25.6 Å². The molecule has 158 valence electrons. The van der Waals surface area contributed by atoms with Crippen molar-refractivity contribution in [2.45, 2.75) is 32.7 Å². The van der Waals surface area contributed by atoms with Gasteiger partial charge in [0, 0.05) is 18.1 Å². The Hall–Kier alpha value is -1.76. The second-order valence-corrected chi connectivity index (χ2v) is 8.50. The summed E-state index contributed by atoms with van der Waals surface area (Å²) in [6.07, 6.45) is 5.38. The van der Waals surface area contributed by atoms with E-state index in [0.717, 1.165) is 36.9 Å². The highest BCUT2D eigenvalue weighted by Crippen LogP contribution is 2.28. The lowest BCUT2D eigenvalue weighted by Crippen LogP contribution is -2.39. The number of nitrogens with zero attached hydrogens (tertiary/aromatic N) is 2. The SMILES string of the molecule is COc1ccc(Cl)cc1NC(=S)N(CCCN1CCCC(C)C1)Cc1ccco1. The van der Waals surface area contributed by atoms with Gasteiger partial charge < -0.3 is 24.3 Å². The zero-order valence-corrected chi connectivity index (χ0v) is 18.8. The molecule has 29 heavy (non-hydrogen) atoms. The van der Waals surface area contributed by atoms with Crippen LogP contribution in [0, 0.1) is 5.92 Å². The maximum Gasteiger partial charge on any atom is 0.173 e. The summed E-state index contributed by atoms with van der Waals surface area (Å²) in [5.41, 5.74) is 0.763. The predicted octanol–water partition coefficient (Wildman–Crippen LogP) is 5.26. The van der Waals surface area contributed by atoms with Crippen molar-refractivity contribution in [3.63, 3.8) is 0 Å². The highest BCUT2D eigenvalue weighted by molar-refractivity contribution is 7.80. The van der Waals surface area contributed by atoms with Crippen molar-refractivity contribution in [2.24, 2.45) is 5.92 Å². The first kappa shape index (κ1) is 21.9. The third kappa shape index (κ3) is 6.63. The van der Waals surface area contributed by atoms with Crippen LogP contribution >= 0.6 is 23.8 Å². The van der Waals surface area contributed by atoms with Gasteiger partial charge >= 0.3 is 0 Å². The third-order valence-electron chi connectivity index (χ3n) is 5.26. The van der Waals surface area contributed by atoms with Crippen molar-refractivity contribution < 1.29 is 9.15 Å². The highest BCUT2D eigenvalue weighted by atomic mass is 35.5. The van der Waals surface area contributed by atoms with Gasteiger partial charge in [0.15, 0.2) is 5.11 Å². The molecular weight excluding hydrogens is 406 g/mol. The second kappa shape index (κ2) is 10.9. The van der Waals surface area contributed by atoms with E-state index in [9.17, 15) is 0 Å². The number of benzene rings is 1. The number of halogens is 1. The van der Waals surface area contributed by atoms with Crippen LogP contribution in [0.25, 0.3) is 0 Å². The van der Waals surface area contributed by atoms with E-state index in [1.165, 1.54) is 25.9 Å². The molecule has 1 unspecified atom stereocenters. The Balaban J connectivity index is 1.63. The summed E-state index contributed by atoms with van der Waals surface area (Å²) in [7, 11) is 1.64. The van der Waals surface area contributed by atoms with Crippen LogP contribution in [0.5, 0.6) is 5.75 Å². The summed E-state index contributed by atoms with van der Waals surface area (Å²) in [5.74, 6) is 2.39. The van der Waals surface area contributed by atoms with Gasteiger partial charge in [-0.2, -0.15) is 0 Å². The van der Waals surface area contributed by atoms with E-state index in [2.05, 4.69) is 22.0 Å². The van der Waals surface area contributed by atoms with Gasteiger partial charge in [-0.15, -0.1) is 0 Å². The summed E-state index contributed by atoms with van der Waals surface area (Å²) in [5, 5.41) is 4.57. The van der Waals surface area contributed by atoms with E-state index >= 15 is 0 Å². The molecule has 1 aromatic carbocycles. The molecule has 0 amide bonds. The minimum Gasteiger partial charge on any atom is -0.495 e.